The lowest BCUT2D eigenvalue weighted by molar-refractivity contribution is -0.115. The highest BCUT2D eigenvalue weighted by Gasteiger charge is 2.19. The molecule has 0 N–H and O–H groups in total. The number of nitrogens with zero attached hydrogens (tertiary/aromatic N) is 4. The zero-order chi connectivity index (χ0) is 21.3. The lowest BCUT2D eigenvalue weighted by Crippen LogP contribution is -2.22. The van der Waals surface area contributed by atoms with E-state index in [1.165, 1.54) is 28.7 Å². The number of aromatic nitrogens is 3. The molecule has 4 rings (SSSR count). The Morgan fingerprint density at radius 2 is 2.00 bits per heavy atom. The maximum atomic E-state index is 12.3. The van der Waals surface area contributed by atoms with Gasteiger partial charge in [-0.3, -0.25) is 9.69 Å². The number of anilines is 2. The van der Waals surface area contributed by atoms with Gasteiger partial charge in [-0.25, -0.2) is 4.98 Å². The Hall–Kier alpha value is -2.91. The lowest BCUT2D eigenvalue weighted by Gasteiger charge is -2.19. The van der Waals surface area contributed by atoms with Crippen LogP contribution in [0.25, 0.3) is 11.5 Å². The van der Waals surface area contributed by atoms with Crippen molar-refractivity contribution in [2.24, 2.45) is 0 Å². The number of amides is 1. The number of carbonyl (C=O) groups excluding carboxylic acids is 1. The topological polar surface area (TPSA) is 85.3 Å². The Labute approximate surface area is 182 Å². The second-order valence-corrected chi connectivity index (χ2v) is 8.56. The van der Waals surface area contributed by atoms with Gasteiger partial charge in [-0.05, 0) is 50.1 Å². The van der Waals surface area contributed by atoms with E-state index in [1.54, 1.807) is 24.2 Å². The Balaban J connectivity index is 1.48. The number of furan rings is 1. The fourth-order valence-corrected chi connectivity index (χ4v) is 4.52. The van der Waals surface area contributed by atoms with Gasteiger partial charge in [0, 0.05) is 18.1 Å². The fourth-order valence-electron chi connectivity index (χ4n) is 2.88. The molecule has 1 amide bonds. The minimum atomic E-state index is -0.0798. The highest BCUT2D eigenvalue weighted by Crippen LogP contribution is 2.33. The van der Waals surface area contributed by atoms with E-state index in [2.05, 4.69) is 15.2 Å². The molecule has 0 aliphatic rings. The van der Waals surface area contributed by atoms with Gasteiger partial charge >= 0.3 is 0 Å². The number of thiazole rings is 1. The molecule has 7 nitrogen and oxygen atoms in total. The van der Waals surface area contributed by atoms with Gasteiger partial charge in [0.2, 0.25) is 5.91 Å². The number of rotatable bonds is 6. The molecular weight excluding hydrogens is 420 g/mol. The molecule has 0 spiro atoms. The van der Waals surface area contributed by atoms with Crippen LogP contribution in [0.2, 0.25) is 0 Å². The van der Waals surface area contributed by atoms with Crippen LogP contribution >= 0.6 is 23.1 Å². The van der Waals surface area contributed by atoms with Crippen LogP contribution in [-0.2, 0) is 10.5 Å². The molecule has 0 saturated heterocycles. The van der Waals surface area contributed by atoms with Crippen LogP contribution in [0.5, 0.6) is 0 Å². The van der Waals surface area contributed by atoms with E-state index in [4.69, 9.17) is 8.83 Å². The molecule has 30 heavy (non-hydrogen) atoms. The van der Waals surface area contributed by atoms with E-state index in [-0.39, 0.29) is 5.91 Å². The summed E-state index contributed by atoms with van der Waals surface area (Å²) in [5, 5.41) is 11.2. The molecule has 0 unspecified atom stereocenters. The molecule has 3 aromatic heterocycles. The van der Waals surface area contributed by atoms with Gasteiger partial charge in [0.1, 0.15) is 5.76 Å². The first kappa shape index (κ1) is 20.4. The van der Waals surface area contributed by atoms with Crippen molar-refractivity contribution in [1.82, 2.24) is 15.2 Å². The summed E-state index contributed by atoms with van der Waals surface area (Å²) in [6, 6.07) is 7.76. The van der Waals surface area contributed by atoms with Crippen LogP contribution in [0.1, 0.15) is 29.5 Å². The van der Waals surface area contributed by atoms with Crippen molar-refractivity contribution < 1.29 is 13.6 Å². The Kier molecular flexibility index (Phi) is 5.74. The van der Waals surface area contributed by atoms with Crippen LogP contribution in [0.4, 0.5) is 10.8 Å². The number of thioether (sulfide) groups is 1. The first-order chi connectivity index (χ1) is 14.4. The number of aryl methyl sites for hydroxylation is 3. The molecule has 0 aliphatic heterocycles. The molecule has 4 aromatic rings. The van der Waals surface area contributed by atoms with Crippen LogP contribution in [0.3, 0.4) is 0 Å². The van der Waals surface area contributed by atoms with Crippen molar-refractivity contribution in [2.75, 3.05) is 4.90 Å². The highest BCUT2D eigenvalue weighted by molar-refractivity contribution is 7.98. The van der Waals surface area contributed by atoms with Gasteiger partial charge in [-0.15, -0.1) is 21.5 Å². The molecule has 0 saturated carbocycles. The van der Waals surface area contributed by atoms with Gasteiger partial charge in [-0.1, -0.05) is 17.8 Å². The molecular formula is C21H20N4O3S2. The van der Waals surface area contributed by atoms with Crippen molar-refractivity contribution in [2.45, 2.75) is 38.7 Å². The van der Waals surface area contributed by atoms with E-state index in [0.717, 1.165) is 28.3 Å². The average molecular weight is 441 g/mol. The number of benzene rings is 1. The molecule has 1 aromatic carbocycles. The molecule has 0 atom stereocenters. The summed E-state index contributed by atoms with van der Waals surface area (Å²) >= 11 is 2.83. The van der Waals surface area contributed by atoms with Crippen molar-refractivity contribution in [3.05, 3.63) is 58.5 Å². The van der Waals surface area contributed by atoms with Crippen molar-refractivity contribution in [1.29, 1.82) is 0 Å². The second-order valence-electron chi connectivity index (χ2n) is 6.80. The smallest absolute Gasteiger partial charge is 0.277 e. The predicted molar refractivity (Wildman–Crippen MR) is 117 cm³/mol. The summed E-state index contributed by atoms with van der Waals surface area (Å²) in [4.78, 5) is 18.6. The predicted octanol–water partition coefficient (Wildman–Crippen LogP) is 5.69. The summed E-state index contributed by atoms with van der Waals surface area (Å²) < 4.78 is 11.0. The molecule has 0 aliphatic carbocycles. The summed E-state index contributed by atoms with van der Waals surface area (Å²) in [5.74, 6) is 1.64. The Morgan fingerprint density at radius 3 is 2.70 bits per heavy atom. The minimum Gasteiger partial charge on any atom is -0.469 e. The van der Waals surface area contributed by atoms with Crippen LogP contribution in [-0.4, -0.2) is 21.1 Å². The number of carbonyl (C=O) groups is 1. The fraction of sp³-hybridized carbons (Fsp3) is 0.238. The molecule has 0 bridgehead atoms. The van der Waals surface area contributed by atoms with Crippen molar-refractivity contribution >= 4 is 39.8 Å². The zero-order valence-electron chi connectivity index (χ0n) is 17.0. The lowest BCUT2D eigenvalue weighted by atomic mass is 10.1. The van der Waals surface area contributed by atoms with E-state index >= 15 is 0 Å². The van der Waals surface area contributed by atoms with Crippen LogP contribution in [0, 0.1) is 20.8 Å². The minimum absolute atomic E-state index is 0.0798. The normalized spacial score (nSPS) is 11.1. The van der Waals surface area contributed by atoms with Crippen LogP contribution in [0.15, 0.2) is 50.0 Å². The third kappa shape index (κ3) is 4.17. The third-order valence-corrected chi connectivity index (χ3v) is 6.36. The second kappa shape index (κ2) is 8.45. The summed E-state index contributed by atoms with van der Waals surface area (Å²) in [5.41, 5.74) is 4.76. The Morgan fingerprint density at radius 1 is 1.17 bits per heavy atom. The van der Waals surface area contributed by atoms with Gasteiger partial charge in [0.05, 0.1) is 23.2 Å². The number of hydrogen-bond acceptors (Lipinski definition) is 8. The molecule has 0 fully saturated rings. The average Bonchev–Trinajstić information content (AvgIpc) is 3.44. The maximum Gasteiger partial charge on any atom is 0.277 e. The largest absolute Gasteiger partial charge is 0.469 e. The molecule has 154 valence electrons. The summed E-state index contributed by atoms with van der Waals surface area (Å²) in [6.07, 6.45) is 1.59. The highest BCUT2D eigenvalue weighted by atomic mass is 32.2. The number of hydrogen-bond donors (Lipinski definition) is 0. The van der Waals surface area contributed by atoms with Crippen LogP contribution < -0.4 is 4.90 Å². The maximum absolute atomic E-state index is 12.3. The van der Waals surface area contributed by atoms with E-state index in [1.807, 2.05) is 44.4 Å². The zero-order valence-corrected chi connectivity index (χ0v) is 18.6. The van der Waals surface area contributed by atoms with Crippen molar-refractivity contribution in [3.8, 4) is 11.5 Å². The molecule has 3 heterocycles. The first-order valence-corrected chi connectivity index (χ1v) is 11.1. The standard InChI is InChI=1S/C21H20N4O3S2/c1-12-5-6-17(9-13(12)2)25(15(4)26)20-22-16(10-29-20)11-30-21-24-23-19(28-21)18-7-8-27-14(18)3/h5-10H,11H2,1-4H3. The molecule has 0 radical (unpaired) electrons. The van der Waals surface area contributed by atoms with Crippen molar-refractivity contribution in [3.63, 3.8) is 0 Å². The Bertz CT molecular complexity index is 1190. The van der Waals surface area contributed by atoms with Gasteiger partial charge in [0.25, 0.3) is 11.1 Å². The monoisotopic (exact) mass is 440 g/mol. The SMILES string of the molecule is CC(=O)N(c1ccc(C)c(C)c1)c1nc(CSc2nnc(-c3ccoc3C)o2)cs1. The quantitative estimate of drug-likeness (QED) is 0.356. The molecule has 9 heteroatoms. The third-order valence-electron chi connectivity index (χ3n) is 4.63. The van der Waals surface area contributed by atoms with E-state index < -0.39 is 0 Å². The van der Waals surface area contributed by atoms with Gasteiger partial charge in [0.15, 0.2) is 5.13 Å². The van der Waals surface area contributed by atoms with E-state index in [9.17, 15) is 4.79 Å². The van der Waals surface area contributed by atoms with E-state index in [0.29, 0.717) is 22.0 Å². The van der Waals surface area contributed by atoms with Gasteiger partial charge in [-0.2, -0.15) is 0 Å². The summed E-state index contributed by atoms with van der Waals surface area (Å²) in [6.45, 7) is 7.47. The first-order valence-electron chi connectivity index (χ1n) is 9.25. The summed E-state index contributed by atoms with van der Waals surface area (Å²) in [7, 11) is 0. The van der Waals surface area contributed by atoms with Gasteiger partial charge < -0.3 is 8.83 Å².